The molecule has 78 valence electrons. The smallest absolute Gasteiger partial charge is 0.209 e. The molecule has 14 heavy (non-hydrogen) atoms. The molecule has 0 amide bonds. The van der Waals surface area contributed by atoms with Gasteiger partial charge in [0.25, 0.3) is 0 Å². The molecule has 0 saturated heterocycles. The molecule has 1 aromatic heterocycles. The summed E-state index contributed by atoms with van der Waals surface area (Å²) in [6.45, 7) is 4.15. The van der Waals surface area contributed by atoms with E-state index >= 15 is 0 Å². The van der Waals surface area contributed by atoms with Crippen LogP contribution < -0.4 is 0 Å². The summed E-state index contributed by atoms with van der Waals surface area (Å²) >= 11 is 7.14. The van der Waals surface area contributed by atoms with Crippen molar-refractivity contribution in [3.8, 4) is 0 Å². The average molecular weight is 232 g/mol. The number of alkyl halides is 1. The third kappa shape index (κ3) is 3.10. The van der Waals surface area contributed by atoms with Crippen molar-refractivity contribution < 1.29 is 0 Å². The van der Waals surface area contributed by atoms with Gasteiger partial charge in [-0.1, -0.05) is 25.6 Å². The van der Waals surface area contributed by atoms with Crippen molar-refractivity contribution >= 4 is 23.4 Å². The summed E-state index contributed by atoms with van der Waals surface area (Å²) in [5.41, 5.74) is 2.06. The summed E-state index contributed by atoms with van der Waals surface area (Å²) in [5.74, 6) is 1.45. The Morgan fingerprint density at radius 2 is 1.86 bits per heavy atom. The van der Waals surface area contributed by atoms with Crippen molar-refractivity contribution in [2.24, 2.45) is 0 Å². The van der Waals surface area contributed by atoms with Crippen molar-refractivity contribution in [3.63, 3.8) is 0 Å². The molecule has 0 aliphatic carbocycles. The van der Waals surface area contributed by atoms with E-state index in [1.54, 1.807) is 11.8 Å². The number of rotatable bonds is 5. The summed E-state index contributed by atoms with van der Waals surface area (Å²) in [6.07, 6.45) is 1.80. The molecule has 0 N–H and O–H groups in total. The van der Waals surface area contributed by atoms with Gasteiger partial charge in [-0.25, -0.2) is 4.98 Å². The summed E-state index contributed by atoms with van der Waals surface area (Å²) in [7, 11) is 0. The van der Waals surface area contributed by atoms with Crippen LogP contribution in [0, 0.1) is 0 Å². The van der Waals surface area contributed by atoms with E-state index < -0.39 is 0 Å². The Kier molecular flexibility index (Phi) is 5.19. The van der Waals surface area contributed by atoms with Crippen LogP contribution >= 0.6 is 23.4 Å². The predicted molar refractivity (Wildman–Crippen MR) is 60.0 cm³/mol. The highest BCUT2D eigenvalue weighted by atomic mass is 35.5. The lowest BCUT2D eigenvalue weighted by Gasteiger charge is -2.04. The second-order valence-electron chi connectivity index (χ2n) is 2.73. The lowest BCUT2D eigenvalue weighted by molar-refractivity contribution is 0.745. The van der Waals surface area contributed by atoms with E-state index in [2.05, 4.69) is 29.0 Å². The van der Waals surface area contributed by atoms with Gasteiger partial charge in [-0.05, 0) is 12.8 Å². The molecule has 1 aromatic rings. The number of aromatic nitrogens is 3. The van der Waals surface area contributed by atoms with Crippen LogP contribution in [0.15, 0.2) is 5.16 Å². The lowest BCUT2D eigenvalue weighted by atomic mass is 10.2. The lowest BCUT2D eigenvalue weighted by Crippen LogP contribution is -2.03. The zero-order valence-corrected chi connectivity index (χ0v) is 10.0. The van der Waals surface area contributed by atoms with E-state index in [9.17, 15) is 0 Å². The number of aryl methyl sites for hydroxylation is 2. The van der Waals surface area contributed by atoms with E-state index in [1.165, 1.54) is 0 Å². The van der Waals surface area contributed by atoms with Crippen LogP contribution in [0.1, 0.15) is 25.2 Å². The molecular formula is C9H14ClN3S. The maximum atomic E-state index is 5.59. The number of thioether (sulfide) groups is 1. The van der Waals surface area contributed by atoms with Gasteiger partial charge in [0, 0.05) is 11.6 Å². The van der Waals surface area contributed by atoms with Crippen LogP contribution in [-0.4, -0.2) is 26.8 Å². The monoisotopic (exact) mass is 231 g/mol. The van der Waals surface area contributed by atoms with Crippen molar-refractivity contribution in [1.82, 2.24) is 15.2 Å². The van der Waals surface area contributed by atoms with Crippen LogP contribution in [0.3, 0.4) is 0 Å². The molecule has 0 saturated carbocycles. The van der Waals surface area contributed by atoms with Gasteiger partial charge in [-0.15, -0.1) is 16.7 Å². The Morgan fingerprint density at radius 3 is 2.43 bits per heavy atom. The van der Waals surface area contributed by atoms with Gasteiger partial charge in [0.15, 0.2) is 0 Å². The first kappa shape index (κ1) is 11.7. The van der Waals surface area contributed by atoms with Gasteiger partial charge in [0.05, 0.1) is 11.4 Å². The minimum absolute atomic E-state index is 0.616. The number of nitrogens with zero attached hydrogens (tertiary/aromatic N) is 3. The number of halogens is 1. The van der Waals surface area contributed by atoms with Crippen molar-refractivity contribution in [3.05, 3.63) is 11.4 Å². The molecule has 0 aromatic carbocycles. The van der Waals surface area contributed by atoms with Gasteiger partial charge >= 0.3 is 0 Å². The predicted octanol–water partition coefficient (Wildman–Crippen LogP) is 2.33. The largest absolute Gasteiger partial charge is 0.224 e. The van der Waals surface area contributed by atoms with Crippen molar-refractivity contribution in [2.75, 3.05) is 11.6 Å². The van der Waals surface area contributed by atoms with Crippen LogP contribution in [0.5, 0.6) is 0 Å². The van der Waals surface area contributed by atoms with Crippen molar-refractivity contribution in [1.29, 1.82) is 0 Å². The molecule has 0 radical (unpaired) electrons. The zero-order valence-electron chi connectivity index (χ0n) is 8.46. The van der Waals surface area contributed by atoms with Gasteiger partial charge in [0.1, 0.15) is 0 Å². The highest BCUT2D eigenvalue weighted by Gasteiger charge is 2.05. The molecule has 0 aliphatic rings. The SMILES string of the molecule is CCc1nnc(SCCCl)nc1CC. The first-order valence-electron chi connectivity index (χ1n) is 4.73. The summed E-state index contributed by atoms with van der Waals surface area (Å²) in [6, 6.07) is 0. The average Bonchev–Trinajstić information content (AvgIpc) is 2.25. The maximum absolute atomic E-state index is 5.59. The zero-order chi connectivity index (χ0) is 10.4. The van der Waals surface area contributed by atoms with Gasteiger partial charge in [-0.2, -0.15) is 5.10 Å². The van der Waals surface area contributed by atoms with Crippen molar-refractivity contribution in [2.45, 2.75) is 31.8 Å². The number of hydrogen-bond donors (Lipinski definition) is 0. The molecule has 5 heteroatoms. The van der Waals surface area contributed by atoms with Gasteiger partial charge in [0.2, 0.25) is 5.16 Å². The Balaban J connectivity index is 2.79. The Morgan fingerprint density at radius 1 is 1.14 bits per heavy atom. The molecular weight excluding hydrogens is 218 g/mol. The normalized spacial score (nSPS) is 10.5. The molecule has 0 unspecified atom stereocenters. The van der Waals surface area contributed by atoms with Gasteiger partial charge in [-0.3, -0.25) is 0 Å². The van der Waals surface area contributed by atoms with E-state index in [1.807, 2.05) is 0 Å². The second-order valence-corrected chi connectivity index (χ2v) is 4.17. The highest BCUT2D eigenvalue weighted by molar-refractivity contribution is 7.99. The molecule has 3 nitrogen and oxygen atoms in total. The maximum Gasteiger partial charge on any atom is 0.209 e. The topological polar surface area (TPSA) is 38.7 Å². The van der Waals surface area contributed by atoms with Crippen LogP contribution in [0.25, 0.3) is 0 Å². The third-order valence-electron chi connectivity index (χ3n) is 1.80. The molecule has 0 bridgehead atoms. The first-order valence-corrected chi connectivity index (χ1v) is 6.25. The molecule has 0 aliphatic heterocycles. The quantitative estimate of drug-likeness (QED) is 0.576. The van der Waals surface area contributed by atoms with Gasteiger partial charge < -0.3 is 0 Å². The molecule has 0 spiro atoms. The van der Waals surface area contributed by atoms with E-state index in [0.29, 0.717) is 5.88 Å². The fraction of sp³-hybridized carbons (Fsp3) is 0.667. The molecule has 0 atom stereocenters. The standard InChI is InChI=1S/C9H14ClN3S/c1-3-7-8(4-2)12-13-9(11-7)14-6-5-10/h3-6H2,1-2H3. The van der Waals surface area contributed by atoms with E-state index in [0.717, 1.165) is 35.1 Å². The fourth-order valence-corrected chi connectivity index (χ4v) is 1.88. The van der Waals surface area contributed by atoms with E-state index in [4.69, 9.17) is 11.6 Å². The molecule has 0 fully saturated rings. The minimum Gasteiger partial charge on any atom is -0.224 e. The first-order chi connectivity index (χ1) is 6.81. The van der Waals surface area contributed by atoms with Crippen LogP contribution in [0.2, 0.25) is 0 Å². The Bertz CT molecular complexity index is 293. The minimum atomic E-state index is 0.616. The second kappa shape index (κ2) is 6.19. The summed E-state index contributed by atoms with van der Waals surface area (Å²) in [4.78, 5) is 4.43. The Labute approximate surface area is 93.7 Å². The summed E-state index contributed by atoms with van der Waals surface area (Å²) < 4.78 is 0. The fourth-order valence-electron chi connectivity index (χ4n) is 1.11. The third-order valence-corrected chi connectivity index (χ3v) is 3.05. The molecule has 1 heterocycles. The highest BCUT2D eigenvalue weighted by Crippen LogP contribution is 2.14. The van der Waals surface area contributed by atoms with Crippen LogP contribution in [0.4, 0.5) is 0 Å². The van der Waals surface area contributed by atoms with Crippen LogP contribution in [-0.2, 0) is 12.8 Å². The van der Waals surface area contributed by atoms with E-state index in [-0.39, 0.29) is 0 Å². The summed E-state index contributed by atoms with van der Waals surface area (Å²) in [5, 5.41) is 8.92. The molecule has 1 rings (SSSR count). The number of hydrogen-bond acceptors (Lipinski definition) is 4. The Hall–Kier alpha value is -0.350.